The molecule has 0 unspecified atom stereocenters. The second-order valence-electron chi connectivity index (χ2n) is 4.34. The lowest BCUT2D eigenvalue weighted by Gasteiger charge is -2.36. The normalized spacial score (nSPS) is 18.3. The van der Waals surface area contributed by atoms with E-state index in [1.165, 1.54) is 4.31 Å². The van der Waals surface area contributed by atoms with Crippen molar-refractivity contribution in [1.29, 1.82) is 0 Å². The summed E-state index contributed by atoms with van der Waals surface area (Å²) in [5.41, 5.74) is 5.49. The van der Waals surface area contributed by atoms with Crippen LogP contribution in [-0.2, 0) is 16.6 Å². The van der Waals surface area contributed by atoms with Crippen molar-refractivity contribution in [2.24, 2.45) is 11.7 Å². The van der Waals surface area contributed by atoms with E-state index in [2.05, 4.69) is 4.98 Å². The lowest BCUT2D eigenvalue weighted by molar-refractivity contribution is 0.207. The van der Waals surface area contributed by atoms with Crippen molar-refractivity contribution in [2.75, 3.05) is 19.6 Å². The smallest absolute Gasteiger partial charge is 0.262 e. The van der Waals surface area contributed by atoms with Crippen molar-refractivity contribution in [1.82, 2.24) is 13.9 Å². The van der Waals surface area contributed by atoms with Gasteiger partial charge >= 0.3 is 0 Å². The van der Waals surface area contributed by atoms with Gasteiger partial charge in [-0.2, -0.15) is 4.31 Å². The first kappa shape index (κ1) is 12.5. The van der Waals surface area contributed by atoms with Crippen molar-refractivity contribution in [3.8, 4) is 0 Å². The molecule has 0 saturated carbocycles. The summed E-state index contributed by atoms with van der Waals surface area (Å²) in [7, 11) is -3.41. The van der Waals surface area contributed by atoms with Gasteiger partial charge in [-0.1, -0.05) is 0 Å². The zero-order valence-corrected chi connectivity index (χ0v) is 10.9. The van der Waals surface area contributed by atoms with Gasteiger partial charge in [-0.25, -0.2) is 13.4 Å². The predicted molar refractivity (Wildman–Crippen MR) is 63.9 cm³/mol. The first-order valence-electron chi connectivity index (χ1n) is 5.73. The van der Waals surface area contributed by atoms with Crippen molar-refractivity contribution in [2.45, 2.75) is 25.4 Å². The van der Waals surface area contributed by atoms with Crippen LogP contribution >= 0.6 is 0 Å². The molecule has 0 aliphatic carbocycles. The van der Waals surface area contributed by atoms with E-state index in [1.807, 2.05) is 11.5 Å². The molecule has 1 aliphatic rings. The molecule has 0 radical (unpaired) electrons. The number of hydrogen-bond donors (Lipinski definition) is 1. The molecule has 7 heteroatoms. The number of rotatable bonds is 4. The van der Waals surface area contributed by atoms with Crippen LogP contribution in [-0.4, -0.2) is 41.9 Å². The quantitative estimate of drug-likeness (QED) is 0.810. The summed E-state index contributed by atoms with van der Waals surface area (Å²) in [5, 5.41) is 0.146. The summed E-state index contributed by atoms with van der Waals surface area (Å²) in [6.07, 6.45) is 1.60. The zero-order valence-electron chi connectivity index (χ0n) is 10.1. The maximum Gasteiger partial charge on any atom is 0.262 e. The lowest BCUT2D eigenvalue weighted by Crippen LogP contribution is -2.52. The van der Waals surface area contributed by atoms with Crippen LogP contribution in [0.3, 0.4) is 0 Å². The largest absolute Gasteiger partial charge is 0.334 e. The van der Waals surface area contributed by atoms with E-state index in [9.17, 15) is 8.42 Å². The molecule has 2 N–H and O–H groups in total. The van der Waals surface area contributed by atoms with Crippen LogP contribution in [0.2, 0.25) is 0 Å². The summed E-state index contributed by atoms with van der Waals surface area (Å²) in [5.74, 6) is 1.01. The Kier molecular flexibility index (Phi) is 3.24. The highest BCUT2D eigenvalue weighted by Crippen LogP contribution is 2.23. The van der Waals surface area contributed by atoms with E-state index in [-0.39, 0.29) is 5.03 Å². The van der Waals surface area contributed by atoms with E-state index < -0.39 is 10.0 Å². The van der Waals surface area contributed by atoms with Crippen molar-refractivity contribution in [3.05, 3.63) is 12.0 Å². The van der Waals surface area contributed by atoms with Crippen LogP contribution in [0.15, 0.2) is 11.2 Å². The van der Waals surface area contributed by atoms with E-state index in [0.29, 0.717) is 25.6 Å². The number of hydrogen-bond acceptors (Lipinski definition) is 4. The molecule has 1 aliphatic heterocycles. The van der Waals surface area contributed by atoms with Crippen molar-refractivity contribution >= 4 is 10.0 Å². The third kappa shape index (κ3) is 2.10. The van der Waals surface area contributed by atoms with Crippen LogP contribution in [0.1, 0.15) is 12.7 Å². The first-order chi connectivity index (χ1) is 7.98. The van der Waals surface area contributed by atoms with Crippen LogP contribution in [0.5, 0.6) is 0 Å². The van der Waals surface area contributed by atoms with Gasteiger partial charge in [0.25, 0.3) is 10.0 Å². The maximum atomic E-state index is 12.2. The highest BCUT2D eigenvalue weighted by atomic mass is 32.2. The summed E-state index contributed by atoms with van der Waals surface area (Å²) in [6, 6.07) is 0. The van der Waals surface area contributed by atoms with Crippen LogP contribution < -0.4 is 5.73 Å². The van der Waals surface area contributed by atoms with Crippen LogP contribution in [0.25, 0.3) is 0 Å². The fourth-order valence-corrected chi connectivity index (χ4v) is 3.51. The minimum Gasteiger partial charge on any atom is -0.334 e. The Morgan fingerprint density at radius 1 is 1.53 bits per heavy atom. The SMILES string of the molecule is CCn1cc(S(=O)(=O)N2CC(CN)C2)nc1C. The molecule has 1 aromatic rings. The van der Waals surface area contributed by atoms with Gasteiger partial charge in [0, 0.05) is 25.8 Å². The second kappa shape index (κ2) is 4.40. The van der Waals surface area contributed by atoms with Gasteiger partial charge in [0.15, 0.2) is 5.03 Å². The fourth-order valence-electron chi connectivity index (χ4n) is 1.92. The molecule has 0 aromatic carbocycles. The van der Waals surface area contributed by atoms with Crippen LogP contribution in [0, 0.1) is 12.8 Å². The molecule has 0 bridgehead atoms. The summed E-state index contributed by atoms with van der Waals surface area (Å²) >= 11 is 0. The fraction of sp³-hybridized carbons (Fsp3) is 0.700. The Bertz CT molecular complexity index is 502. The van der Waals surface area contributed by atoms with Gasteiger partial charge in [-0.05, 0) is 26.3 Å². The van der Waals surface area contributed by atoms with Crippen LogP contribution in [0.4, 0.5) is 0 Å². The van der Waals surface area contributed by atoms with E-state index in [4.69, 9.17) is 5.73 Å². The first-order valence-corrected chi connectivity index (χ1v) is 7.17. The molecule has 96 valence electrons. The summed E-state index contributed by atoms with van der Waals surface area (Å²) in [6.45, 7) is 6.04. The number of sulfonamides is 1. The molecule has 2 heterocycles. The summed E-state index contributed by atoms with van der Waals surface area (Å²) in [4.78, 5) is 4.11. The summed E-state index contributed by atoms with van der Waals surface area (Å²) < 4.78 is 27.6. The molecule has 1 aromatic heterocycles. The predicted octanol–water partition coefficient (Wildman–Crippen LogP) is -0.209. The molecule has 17 heavy (non-hydrogen) atoms. The minimum absolute atomic E-state index is 0.146. The average Bonchev–Trinajstić information content (AvgIpc) is 2.58. The molecule has 1 saturated heterocycles. The van der Waals surface area contributed by atoms with Gasteiger partial charge in [-0.3, -0.25) is 0 Å². The molecule has 0 amide bonds. The van der Waals surface area contributed by atoms with Gasteiger partial charge in [0.05, 0.1) is 0 Å². The number of imidazole rings is 1. The average molecular weight is 258 g/mol. The molecule has 0 atom stereocenters. The molecule has 1 fully saturated rings. The minimum atomic E-state index is -3.41. The standard InChI is InChI=1S/C10H18N4O2S/c1-3-13-7-10(12-8(13)2)17(15,16)14-5-9(4-11)6-14/h7,9H,3-6,11H2,1-2H3. The molecular formula is C10H18N4O2S. The monoisotopic (exact) mass is 258 g/mol. The third-order valence-corrected chi connectivity index (χ3v) is 4.86. The van der Waals surface area contributed by atoms with Crippen molar-refractivity contribution < 1.29 is 8.42 Å². The third-order valence-electron chi connectivity index (χ3n) is 3.16. The molecule has 2 rings (SSSR count). The number of aromatic nitrogens is 2. The highest BCUT2D eigenvalue weighted by Gasteiger charge is 2.37. The number of nitrogens with zero attached hydrogens (tertiary/aromatic N) is 3. The van der Waals surface area contributed by atoms with Gasteiger partial charge in [0.1, 0.15) is 5.82 Å². The maximum absolute atomic E-state index is 12.2. The number of nitrogens with two attached hydrogens (primary N) is 1. The molecule has 6 nitrogen and oxygen atoms in total. The van der Waals surface area contributed by atoms with E-state index in [0.717, 1.165) is 12.4 Å². The van der Waals surface area contributed by atoms with Gasteiger partial charge in [0.2, 0.25) is 0 Å². The Morgan fingerprint density at radius 2 is 2.18 bits per heavy atom. The Labute approximate surface area is 101 Å². The van der Waals surface area contributed by atoms with E-state index >= 15 is 0 Å². The number of aryl methyl sites for hydroxylation is 2. The zero-order chi connectivity index (χ0) is 12.6. The second-order valence-corrected chi connectivity index (χ2v) is 6.22. The Morgan fingerprint density at radius 3 is 2.65 bits per heavy atom. The highest BCUT2D eigenvalue weighted by molar-refractivity contribution is 7.89. The van der Waals surface area contributed by atoms with Gasteiger partial charge in [-0.15, -0.1) is 0 Å². The van der Waals surface area contributed by atoms with E-state index in [1.54, 1.807) is 13.1 Å². The lowest BCUT2D eigenvalue weighted by atomic mass is 10.0. The molecular weight excluding hydrogens is 240 g/mol. The van der Waals surface area contributed by atoms with Gasteiger partial charge < -0.3 is 10.3 Å². The van der Waals surface area contributed by atoms with Crippen molar-refractivity contribution in [3.63, 3.8) is 0 Å². The Hall–Kier alpha value is -0.920. The molecule has 0 spiro atoms. The topological polar surface area (TPSA) is 81.2 Å². The Balaban J connectivity index is 2.21.